The van der Waals surface area contributed by atoms with Gasteiger partial charge in [-0.1, -0.05) is 0 Å². The number of ether oxygens (including phenoxy) is 2. The Labute approximate surface area is 126 Å². The van der Waals surface area contributed by atoms with Gasteiger partial charge in [-0.25, -0.2) is 0 Å². The maximum Gasteiger partial charge on any atom is 0.255 e. The number of rotatable bonds is 5. The Hall–Kier alpha value is -1.75. The molecule has 0 unspecified atom stereocenters. The first-order valence-electron chi connectivity index (χ1n) is 7.38. The van der Waals surface area contributed by atoms with Crippen LogP contribution in [0.1, 0.15) is 36.0 Å². The van der Waals surface area contributed by atoms with Gasteiger partial charge in [0.25, 0.3) is 5.91 Å². The molecule has 0 saturated heterocycles. The molecule has 1 aromatic carbocycles. The summed E-state index contributed by atoms with van der Waals surface area (Å²) in [7, 11) is 5.14. The normalized spacial score (nSPS) is 21.7. The van der Waals surface area contributed by atoms with Crippen LogP contribution in [0.5, 0.6) is 11.5 Å². The molecule has 0 spiro atoms. The van der Waals surface area contributed by atoms with Crippen LogP contribution >= 0.6 is 0 Å². The summed E-state index contributed by atoms with van der Waals surface area (Å²) in [6, 6.07) is 6.07. The van der Waals surface area contributed by atoms with Gasteiger partial charge in [0.2, 0.25) is 0 Å². The Bertz CT molecular complexity index is 482. The van der Waals surface area contributed by atoms with E-state index in [-0.39, 0.29) is 11.9 Å². The largest absolute Gasteiger partial charge is 0.497 e. The van der Waals surface area contributed by atoms with Crippen LogP contribution < -0.4 is 20.1 Å². The van der Waals surface area contributed by atoms with Gasteiger partial charge >= 0.3 is 0 Å². The summed E-state index contributed by atoms with van der Waals surface area (Å²) in [6.45, 7) is 0. The van der Waals surface area contributed by atoms with Crippen LogP contribution in [0.25, 0.3) is 0 Å². The average Bonchev–Trinajstić information content (AvgIpc) is 2.54. The van der Waals surface area contributed by atoms with Gasteiger partial charge in [-0.05, 0) is 44.9 Å². The van der Waals surface area contributed by atoms with E-state index in [0.717, 1.165) is 25.7 Å². The van der Waals surface area contributed by atoms with Crippen LogP contribution in [-0.4, -0.2) is 39.3 Å². The molecule has 5 heteroatoms. The molecule has 5 nitrogen and oxygen atoms in total. The zero-order valence-corrected chi connectivity index (χ0v) is 12.9. The maximum absolute atomic E-state index is 12.4. The molecule has 0 heterocycles. The first kappa shape index (κ1) is 15.6. The van der Waals surface area contributed by atoms with Crippen molar-refractivity contribution in [2.45, 2.75) is 37.8 Å². The van der Waals surface area contributed by atoms with Crippen LogP contribution in [0.4, 0.5) is 0 Å². The zero-order chi connectivity index (χ0) is 15.2. The third kappa shape index (κ3) is 3.88. The first-order valence-corrected chi connectivity index (χ1v) is 7.38. The second-order valence-corrected chi connectivity index (χ2v) is 5.38. The van der Waals surface area contributed by atoms with Gasteiger partial charge in [0.1, 0.15) is 11.5 Å². The molecule has 2 N–H and O–H groups in total. The van der Waals surface area contributed by atoms with Gasteiger partial charge in [-0.15, -0.1) is 0 Å². The number of hydrogen-bond acceptors (Lipinski definition) is 4. The fourth-order valence-electron chi connectivity index (χ4n) is 2.78. The molecule has 1 saturated carbocycles. The molecule has 0 aromatic heterocycles. The van der Waals surface area contributed by atoms with E-state index in [1.165, 1.54) is 0 Å². The molecule has 1 amide bonds. The van der Waals surface area contributed by atoms with Crippen molar-refractivity contribution in [2.24, 2.45) is 0 Å². The van der Waals surface area contributed by atoms with Crippen LogP contribution in [0, 0.1) is 0 Å². The van der Waals surface area contributed by atoms with E-state index in [1.54, 1.807) is 32.4 Å². The minimum atomic E-state index is -0.0811. The second kappa shape index (κ2) is 7.31. The molecule has 0 aliphatic heterocycles. The van der Waals surface area contributed by atoms with Crippen LogP contribution in [0.2, 0.25) is 0 Å². The Morgan fingerprint density at radius 2 is 1.76 bits per heavy atom. The SMILES string of the molecule is CNC1CCC(NC(=O)c2ccc(OC)cc2OC)CC1. The minimum Gasteiger partial charge on any atom is -0.497 e. The van der Waals surface area contributed by atoms with E-state index in [4.69, 9.17) is 9.47 Å². The van der Waals surface area contributed by atoms with Crippen LogP contribution in [0.3, 0.4) is 0 Å². The highest BCUT2D eigenvalue weighted by Crippen LogP contribution is 2.25. The third-order valence-corrected chi connectivity index (χ3v) is 4.12. The Kier molecular flexibility index (Phi) is 5.44. The molecule has 1 aliphatic rings. The summed E-state index contributed by atoms with van der Waals surface area (Å²) in [5.41, 5.74) is 0.550. The fourth-order valence-corrected chi connectivity index (χ4v) is 2.78. The Morgan fingerprint density at radius 1 is 1.10 bits per heavy atom. The zero-order valence-electron chi connectivity index (χ0n) is 12.9. The van der Waals surface area contributed by atoms with Crippen LogP contribution in [-0.2, 0) is 0 Å². The highest BCUT2D eigenvalue weighted by molar-refractivity contribution is 5.97. The van der Waals surface area contributed by atoms with E-state index in [1.807, 2.05) is 7.05 Å². The van der Waals surface area contributed by atoms with Crippen molar-refractivity contribution >= 4 is 5.91 Å². The number of carbonyl (C=O) groups excluding carboxylic acids is 1. The fraction of sp³-hybridized carbons (Fsp3) is 0.562. The van der Waals surface area contributed by atoms with E-state index in [2.05, 4.69) is 10.6 Å². The molecule has 116 valence electrons. The summed E-state index contributed by atoms with van der Waals surface area (Å²) in [5, 5.41) is 6.40. The van der Waals surface area contributed by atoms with Crippen molar-refractivity contribution in [3.8, 4) is 11.5 Å². The van der Waals surface area contributed by atoms with Crippen molar-refractivity contribution in [1.29, 1.82) is 0 Å². The molecule has 21 heavy (non-hydrogen) atoms. The highest BCUT2D eigenvalue weighted by Gasteiger charge is 2.23. The number of benzene rings is 1. The minimum absolute atomic E-state index is 0.0811. The van der Waals surface area contributed by atoms with E-state index >= 15 is 0 Å². The predicted octanol–water partition coefficient (Wildman–Crippen LogP) is 1.96. The summed E-state index contributed by atoms with van der Waals surface area (Å²) >= 11 is 0. The van der Waals surface area contributed by atoms with E-state index < -0.39 is 0 Å². The third-order valence-electron chi connectivity index (χ3n) is 4.12. The van der Waals surface area contributed by atoms with Gasteiger partial charge in [0, 0.05) is 18.2 Å². The molecule has 1 aliphatic carbocycles. The quantitative estimate of drug-likeness (QED) is 0.871. The molecule has 0 radical (unpaired) electrons. The van der Waals surface area contributed by atoms with Crippen molar-refractivity contribution in [3.05, 3.63) is 23.8 Å². The smallest absolute Gasteiger partial charge is 0.255 e. The number of methoxy groups -OCH3 is 2. The van der Waals surface area contributed by atoms with Gasteiger partial charge < -0.3 is 20.1 Å². The standard InChI is InChI=1S/C16H24N2O3/c1-17-11-4-6-12(7-5-11)18-16(19)14-9-8-13(20-2)10-15(14)21-3/h8-12,17H,4-7H2,1-3H3,(H,18,19). The van der Waals surface area contributed by atoms with Crippen molar-refractivity contribution < 1.29 is 14.3 Å². The molecule has 2 rings (SSSR count). The number of hydrogen-bond donors (Lipinski definition) is 2. The molecule has 1 fully saturated rings. The lowest BCUT2D eigenvalue weighted by atomic mass is 9.91. The number of amides is 1. The van der Waals surface area contributed by atoms with Gasteiger partial charge in [-0.3, -0.25) is 4.79 Å². The second-order valence-electron chi connectivity index (χ2n) is 5.38. The molecule has 0 atom stereocenters. The Morgan fingerprint density at radius 3 is 2.33 bits per heavy atom. The van der Waals surface area contributed by atoms with Gasteiger partial charge in [0.05, 0.1) is 19.8 Å². The first-order chi connectivity index (χ1) is 10.2. The lowest BCUT2D eigenvalue weighted by Crippen LogP contribution is -2.41. The predicted molar refractivity (Wildman–Crippen MR) is 82.1 cm³/mol. The maximum atomic E-state index is 12.4. The lowest BCUT2D eigenvalue weighted by Gasteiger charge is -2.29. The molecule has 0 bridgehead atoms. The highest BCUT2D eigenvalue weighted by atomic mass is 16.5. The van der Waals surface area contributed by atoms with Gasteiger partial charge in [-0.2, -0.15) is 0 Å². The molecule has 1 aromatic rings. The topological polar surface area (TPSA) is 59.6 Å². The number of carbonyl (C=O) groups is 1. The van der Waals surface area contributed by atoms with Gasteiger partial charge in [0.15, 0.2) is 0 Å². The summed E-state index contributed by atoms with van der Waals surface area (Å²) in [6.07, 6.45) is 4.22. The summed E-state index contributed by atoms with van der Waals surface area (Å²) < 4.78 is 10.4. The Balaban J connectivity index is 2.00. The van der Waals surface area contributed by atoms with Crippen molar-refractivity contribution in [1.82, 2.24) is 10.6 Å². The molecular weight excluding hydrogens is 268 g/mol. The molecular formula is C16H24N2O3. The summed E-state index contributed by atoms with van der Waals surface area (Å²) in [4.78, 5) is 12.4. The van der Waals surface area contributed by atoms with Crippen molar-refractivity contribution in [3.63, 3.8) is 0 Å². The monoisotopic (exact) mass is 292 g/mol. The summed E-state index contributed by atoms with van der Waals surface area (Å²) in [5.74, 6) is 1.14. The average molecular weight is 292 g/mol. The van der Waals surface area contributed by atoms with Crippen LogP contribution in [0.15, 0.2) is 18.2 Å². The lowest BCUT2D eigenvalue weighted by molar-refractivity contribution is 0.0921. The number of nitrogens with one attached hydrogen (secondary N) is 2. The van der Waals surface area contributed by atoms with E-state index in [9.17, 15) is 4.79 Å². The van der Waals surface area contributed by atoms with Crippen molar-refractivity contribution in [2.75, 3.05) is 21.3 Å². The van der Waals surface area contributed by atoms with E-state index in [0.29, 0.717) is 23.1 Å².